The number of carbonyl (C=O) groups excluding carboxylic acids is 1. The molecule has 0 unspecified atom stereocenters. The van der Waals surface area contributed by atoms with E-state index in [1.165, 1.54) is 6.07 Å². The molecule has 1 heterocycles. The molecule has 0 fully saturated rings. The van der Waals surface area contributed by atoms with Gasteiger partial charge in [0.15, 0.2) is 0 Å². The molecule has 0 aliphatic rings. The Labute approximate surface area is 132 Å². The number of hydrogen-bond acceptors (Lipinski definition) is 5. The summed E-state index contributed by atoms with van der Waals surface area (Å²) in [6.07, 6.45) is 0. The lowest BCUT2D eigenvalue weighted by Crippen LogP contribution is -2.16. The first kappa shape index (κ1) is 14.8. The molecule has 0 spiro atoms. The fraction of sp³-hybridized carbons (Fsp3) is 0.111. The summed E-state index contributed by atoms with van der Waals surface area (Å²) in [4.78, 5) is 23.7. The molecule has 0 bridgehead atoms. The van der Waals surface area contributed by atoms with Crippen molar-refractivity contribution < 1.29 is 13.9 Å². The first-order valence-corrected chi connectivity index (χ1v) is 7.24. The van der Waals surface area contributed by atoms with Gasteiger partial charge in [-0.15, -0.1) is 0 Å². The molecule has 2 aromatic carbocycles. The number of nitrogens with one attached hydrogen (secondary N) is 1. The van der Waals surface area contributed by atoms with Crippen LogP contribution in [0.4, 0.5) is 11.4 Å². The Kier molecular flexibility index (Phi) is 4.10. The number of rotatable bonds is 4. The molecule has 0 radical (unpaired) electrons. The summed E-state index contributed by atoms with van der Waals surface area (Å²) in [6.45, 7) is 1.89. The van der Waals surface area contributed by atoms with Crippen molar-refractivity contribution in [1.82, 2.24) is 0 Å². The molecule has 0 atom stereocenters. The lowest BCUT2D eigenvalue weighted by Gasteiger charge is -2.07. The number of carbonyl (C=O) groups is 1. The second-order valence-corrected chi connectivity index (χ2v) is 4.91. The van der Waals surface area contributed by atoms with Crippen LogP contribution >= 0.6 is 0 Å². The Morgan fingerprint density at radius 2 is 1.87 bits per heavy atom. The number of para-hydroxylation sites is 1. The van der Waals surface area contributed by atoms with Gasteiger partial charge in [-0.1, -0.05) is 18.2 Å². The van der Waals surface area contributed by atoms with Crippen LogP contribution in [0.15, 0.2) is 63.8 Å². The monoisotopic (exact) mass is 309 g/mol. The molecule has 0 saturated heterocycles. The lowest BCUT2D eigenvalue weighted by atomic mass is 10.1. The minimum Gasteiger partial charge on any atom is -0.462 e. The van der Waals surface area contributed by atoms with Crippen LogP contribution in [0.25, 0.3) is 11.0 Å². The fourth-order valence-electron chi connectivity index (χ4n) is 2.23. The van der Waals surface area contributed by atoms with Gasteiger partial charge in [-0.05, 0) is 37.3 Å². The molecule has 5 nitrogen and oxygen atoms in total. The van der Waals surface area contributed by atoms with Crippen LogP contribution in [0.1, 0.15) is 17.3 Å². The number of fused-ring (bicyclic) bond motifs is 1. The van der Waals surface area contributed by atoms with Crippen molar-refractivity contribution in [1.29, 1.82) is 0 Å². The Bertz CT molecular complexity index is 900. The number of benzene rings is 2. The number of ether oxygens (including phenoxy) is 1. The van der Waals surface area contributed by atoms with Crippen LogP contribution in [-0.2, 0) is 4.74 Å². The predicted molar refractivity (Wildman–Crippen MR) is 88.2 cm³/mol. The molecule has 0 aliphatic heterocycles. The van der Waals surface area contributed by atoms with Gasteiger partial charge in [0, 0.05) is 22.8 Å². The summed E-state index contributed by atoms with van der Waals surface area (Å²) in [5, 5.41) is 3.88. The molecule has 5 heteroatoms. The second-order valence-electron chi connectivity index (χ2n) is 4.91. The van der Waals surface area contributed by atoms with Crippen molar-refractivity contribution in [3.8, 4) is 0 Å². The minimum atomic E-state index is -0.701. The summed E-state index contributed by atoms with van der Waals surface area (Å²) >= 11 is 0. The highest BCUT2D eigenvalue weighted by Crippen LogP contribution is 2.22. The smallest absolute Gasteiger partial charge is 0.351 e. The van der Waals surface area contributed by atoms with E-state index in [0.29, 0.717) is 11.0 Å². The number of esters is 1. The molecule has 0 saturated carbocycles. The lowest BCUT2D eigenvalue weighted by molar-refractivity contribution is 0.0522. The third kappa shape index (κ3) is 3.23. The highest BCUT2D eigenvalue weighted by molar-refractivity contribution is 5.93. The van der Waals surface area contributed by atoms with Crippen molar-refractivity contribution in [2.75, 3.05) is 11.9 Å². The van der Waals surface area contributed by atoms with E-state index in [1.54, 1.807) is 19.1 Å². The Morgan fingerprint density at radius 3 is 2.61 bits per heavy atom. The summed E-state index contributed by atoms with van der Waals surface area (Å²) in [5.74, 6) is -0.672. The quantitative estimate of drug-likeness (QED) is 0.587. The summed E-state index contributed by atoms with van der Waals surface area (Å²) < 4.78 is 10.1. The minimum absolute atomic E-state index is 0.0943. The highest BCUT2D eigenvalue weighted by Gasteiger charge is 2.14. The van der Waals surface area contributed by atoms with Gasteiger partial charge in [-0.3, -0.25) is 0 Å². The first-order chi connectivity index (χ1) is 11.2. The zero-order valence-electron chi connectivity index (χ0n) is 12.5. The Hall–Kier alpha value is -3.08. The predicted octanol–water partition coefficient (Wildman–Crippen LogP) is 3.71. The molecule has 3 aromatic rings. The largest absolute Gasteiger partial charge is 0.462 e. The van der Waals surface area contributed by atoms with Crippen molar-refractivity contribution in [3.05, 3.63) is 70.6 Å². The average Bonchev–Trinajstić information content (AvgIpc) is 2.55. The molecular weight excluding hydrogens is 294 g/mol. The molecule has 1 aromatic heterocycles. The molecule has 3 rings (SSSR count). The van der Waals surface area contributed by atoms with Gasteiger partial charge in [0.25, 0.3) is 0 Å². The Balaban J connectivity index is 1.96. The first-order valence-electron chi connectivity index (χ1n) is 7.24. The third-order valence-corrected chi connectivity index (χ3v) is 3.29. The fourth-order valence-corrected chi connectivity index (χ4v) is 2.23. The number of hydrogen-bond donors (Lipinski definition) is 1. The second kappa shape index (κ2) is 6.36. The maximum absolute atomic E-state index is 11.9. The van der Waals surface area contributed by atoms with Gasteiger partial charge in [0.05, 0.1) is 6.61 Å². The van der Waals surface area contributed by atoms with Crippen molar-refractivity contribution in [2.45, 2.75) is 6.92 Å². The van der Waals surface area contributed by atoms with E-state index in [2.05, 4.69) is 5.32 Å². The van der Waals surface area contributed by atoms with Crippen LogP contribution in [0.3, 0.4) is 0 Å². The average molecular weight is 309 g/mol. The SMILES string of the molecule is CCOC(=O)c1cc2ccc(Nc3ccccc3)cc2oc1=O. The van der Waals surface area contributed by atoms with Crippen LogP contribution in [0.2, 0.25) is 0 Å². The van der Waals surface area contributed by atoms with E-state index in [0.717, 1.165) is 11.4 Å². The van der Waals surface area contributed by atoms with Crippen LogP contribution in [0, 0.1) is 0 Å². The van der Waals surface area contributed by atoms with Gasteiger partial charge in [-0.2, -0.15) is 0 Å². The molecule has 116 valence electrons. The molecule has 0 aliphatic carbocycles. The van der Waals surface area contributed by atoms with Crippen LogP contribution in [-0.4, -0.2) is 12.6 Å². The zero-order valence-corrected chi connectivity index (χ0v) is 12.5. The van der Waals surface area contributed by atoms with E-state index in [4.69, 9.17) is 9.15 Å². The van der Waals surface area contributed by atoms with E-state index >= 15 is 0 Å². The summed E-state index contributed by atoms with van der Waals surface area (Å²) in [5.41, 5.74) is 1.33. The normalized spacial score (nSPS) is 10.5. The summed E-state index contributed by atoms with van der Waals surface area (Å²) in [6, 6.07) is 16.5. The van der Waals surface area contributed by atoms with E-state index < -0.39 is 11.6 Å². The molecule has 23 heavy (non-hydrogen) atoms. The third-order valence-electron chi connectivity index (χ3n) is 3.29. The molecular formula is C18H15NO4. The van der Waals surface area contributed by atoms with E-state index in [1.807, 2.05) is 36.4 Å². The van der Waals surface area contributed by atoms with Gasteiger partial charge in [0.2, 0.25) is 0 Å². The van der Waals surface area contributed by atoms with E-state index in [9.17, 15) is 9.59 Å². The van der Waals surface area contributed by atoms with Gasteiger partial charge in [0.1, 0.15) is 11.1 Å². The van der Waals surface area contributed by atoms with Crippen molar-refractivity contribution >= 4 is 28.3 Å². The van der Waals surface area contributed by atoms with Gasteiger partial charge in [-0.25, -0.2) is 9.59 Å². The zero-order chi connectivity index (χ0) is 16.2. The standard InChI is InChI=1S/C18H15NO4/c1-2-22-17(20)15-10-12-8-9-14(11-16(12)23-18(15)21)19-13-6-4-3-5-7-13/h3-11,19H,2H2,1H3. The molecule has 1 N–H and O–H groups in total. The highest BCUT2D eigenvalue weighted by atomic mass is 16.5. The van der Waals surface area contributed by atoms with Crippen molar-refractivity contribution in [3.63, 3.8) is 0 Å². The van der Waals surface area contributed by atoms with Crippen molar-refractivity contribution in [2.24, 2.45) is 0 Å². The summed E-state index contributed by atoms with van der Waals surface area (Å²) in [7, 11) is 0. The Morgan fingerprint density at radius 1 is 1.09 bits per heavy atom. The van der Waals surface area contributed by atoms with Gasteiger partial charge >= 0.3 is 11.6 Å². The number of anilines is 2. The molecule has 0 amide bonds. The van der Waals surface area contributed by atoms with E-state index in [-0.39, 0.29) is 12.2 Å². The maximum Gasteiger partial charge on any atom is 0.351 e. The van der Waals surface area contributed by atoms with Crippen LogP contribution < -0.4 is 10.9 Å². The maximum atomic E-state index is 11.9. The van der Waals surface area contributed by atoms with Crippen LogP contribution in [0.5, 0.6) is 0 Å². The topological polar surface area (TPSA) is 68.5 Å². The van der Waals surface area contributed by atoms with Gasteiger partial charge < -0.3 is 14.5 Å².